The number of Topliss-reactive ketones (excluding diaryl/α,β-unsaturated/α-hetero) is 1. The zero-order chi connectivity index (χ0) is 33.7. The number of nitrogens with one attached hydrogen (secondary N) is 2. The molecule has 44 heavy (non-hydrogen) atoms. The predicted octanol–water partition coefficient (Wildman–Crippen LogP) is 3.51. The molecule has 1 rings (SSSR count). The fourth-order valence-corrected chi connectivity index (χ4v) is 5.46. The standard InChI is InChI=1S/C27H42N2O7S.C4H9NO2/c1-5-7-8-9-21(15-20(31)12-10-19-11-13-23(32)24(14-19)36-4)37-16-22(28-17-30)26(33)29-25(27(34)35)18(3)6-2;1-3(5)2-4(6)7/h11,13-14,17-18,21-22,25,32H,5-10,12,15-16H2,1-4H3,(H,28,30)(H,29,33)(H,34,35);3H,2,5H2,1H3,(H,6,7). The van der Waals surface area contributed by atoms with Crippen molar-refractivity contribution in [2.75, 3.05) is 12.9 Å². The first-order valence-corrected chi connectivity index (χ1v) is 16.0. The molecule has 5 unspecified atom stereocenters. The number of benzene rings is 1. The number of ether oxygens (including phenoxy) is 1. The first-order valence-electron chi connectivity index (χ1n) is 15.0. The monoisotopic (exact) mass is 641 g/mol. The van der Waals surface area contributed by atoms with E-state index < -0.39 is 29.9 Å². The maximum Gasteiger partial charge on any atom is 0.326 e. The number of carboxylic acids is 2. The molecule has 0 bridgehead atoms. The van der Waals surface area contributed by atoms with E-state index >= 15 is 0 Å². The number of thioether (sulfide) groups is 1. The van der Waals surface area contributed by atoms with Crippen LogP contribution in [0.5, 0.6) is 11.5 Å². The number of hydrogen-bond donors (Lipinski definition) is 6. The highest BCUT2D eigenvalue weighted by Crippen LogP contribution is 2.27. The first kappa shape index (κ1) is 40.7. The number of phenolic OH excluding ortho intramolecular Hbond substituents is 1. The molecule has 0 radical (unpaired) electrons. The summed E-state index contributed by atoms with van der Waals surface area (Å²) in [5, 5.41) is 32.3. The van der Waals surface area contributed by atoms with Crippen molar-refractivity contribution < 1.29 is 44.0 Å². The van der Waals surface area contributed by atoms with Crippen molar-refractivity contribution in [3.8, 4) is 11.5 Å². The smallest absolute Gasteiger partial charge is 0.326 e. The number of carbonyl (C=O) groups is 5. The van der Waals surface area contributed by atoms with E-state index in [9.17, 15) is 34.2 Å². The molecule has 0 saturated heterocycles. The fraction of sp³-hybridized carbons (Fsp3) is 0.645. The third-order valence-electron chi connectivity index (χ3n) is 6.88. The SMILES string of the molecule is CC(N)CC(=O)O.CCCCCC(CC(=O)CCc1ccc(O)c(OC)c1)SCC(NC=O)C(=O)NC(C(=O)O)C(C)CC. The lowest BCUT2D eigenvalue weighted by Crippen LogP contribution is -2.53. The summed E-state index contributed by atoms with van der Waals surface area (Å²) >= 11 is 1.45. The first-order chi connectivity index (χ1) is 20.8. The van der Waals surface area contributed by atoms with Crippen molar-refractivity contribution in [3.63, 3.8) is 0 Å². The summed E-state index contributed by atoms with van der Waals surface area (Å²) in [5.41, 5.74) is 6.00. The van der Waals surface area contributed by atoms with Crippen LogP contribution in [0.3, 0.4) is 0 Å². The number of nitrogens with two attached hydrogens (primary N) is 1. The lowest BCUT2D eigenvalue weighted by atomic mass is 9.99. The van der Waals surface area contributed by atoms with E-state index in [1.165, 1.54) is 18.9 Å². The van der Waals surface area contributed by atoms with Crippen molar-refractivity contribution >= 4 is 41.8 Å². The Morgan fingerprint density at radius 3 is 2.27 bits per heavy atom. The van der Waals surface area contributed by atoms with Gasteiger partial charge in [0.1, 0.15) is 17.9 Å². The Kier molecular flexibility index (Phi) is 21.4. The van der Waals surface area contributed by atoms with Gasteiger partial charge >= 0.3 is 11.9 Å². The molecule has 13 heteroatoms. The molecule has 12 nitrogen and oxygen atoms in total. The normalized spacial score (nSPS) is 14.0. The van der Waals surface area contributed by atoms with Gasteiger partial charge in [0.25, 0.3) is 0 Å². The summed E-state index contributed by atoms with van der Waals surface area (Å²) in [6, 6.07) is 2.85. The van der Waals surface area contributed by atoms with E-state index in [2.05, 4.69) is 17.6 Å². The van der Waals surface area contributed by atoms with Gasteiger partial charge in [0.2, 0.25) is 12.3 Å². The zero-order valence-corrected chi connectivity index (χ0v) is 27.4. The van der Waals surface area contributed by atoms with Gasteiger partial charge in [-0.25, -0.2) is 4.79 Å². The van der Waals surface area contributed by atoms with Crippen LogP contribution < -0.4 is 21.1 Å². The number of aromatic hydroxyl groups is 1. The number of phenols is 1. The highest BCUT2D eigenvalue weighted by atomic mass is 32.2. The number of aliphatic carboxylic acids is 2. The number of unbranched alkanes of at least 4 members (excludes halogenated alkanes) is 2. The van der Waals surface area contributed by atoms with E-state index in [0.29, 0.717) is 37.8 Å². The van der Waals surface area contributed by atoms with Gasteiger partial charge in [0.05, 0.1) is 13.5 Å². The minimum absolute atomic E-state index is 0.0259. The molecule has 0 spiro atoms. The molecule has 0 aliphatic heterocycles. The van der Waals surface area contributed by atoms with Gasteiger partial charge in [-0.2, -0.15) is 11.8 Å². The average molecular weight is 642 g/mol. The molecule has 7 N–H and O–H groups in total. The summed E-state index contributed by atoms with van der Waals surface area (Å²) in [7, 11) is 1.47. The Morgan fingerprint density at radius 1 is 1.09 bits per heavy atom. The molecule has 0 heterocycles. The van der Waals surface area contributed by atoms with E-state index in [1.54, 1.807) is 32.0 Å². The molecule has 0 aliphatic carbocycles. The van der Waals surface area contributed by atoms with Gasteiger partial charge < -0.3 is 36.4 Å². The molecule has 2 amide bonds. The maximum atomic E-state index is 12.8. The van der Waals surface area contributed by atoms with Crippen molar-refractivity contribution in [1.82, 2.24) is 10.6 Å². The minimum atomic E-state index is -1.12. The molecule has 1 aromatic rings. The Morgan fingerprint density at radius 2 is 1.77 bits per heavy atom. The molecule has 0 saturated carbocycles. The molecule has 0 aliphatic rings. The number of rotatable bonds is 22. The third kappa shape index (κ3) is 17.7. The summed E-state index contributed by atoms with van der Waals surface area (Å²) in [5.74, 6) is -2.03. The van der Waals surface area contributed by atoms with E-state index in [0.717, 1.165) is 31.2 Å². The van der Waals surface area contributed by atoms with Crippen LogP contribution in [-0.2, 0) is 30.4 Å². The number of ketones is 1. The second-order valence-corrected chi connectivity index (χ2v) is 12.2. The summed E-state index contributed by atoms with van der Waals surface area (Å²) in [6.45, 7) is 7.36. The van der Waals surface area contributed by atoms with Crippen LogP contribution in [0.1, 0.15) is 84.6 Å². The Labute approximate surface area is 264 Å². The highest BCUT2D eigenvalue weighted by molar-refractivity contribution is 8.00. The second-order valence-electron chi connectivity index (χ2n) is 10.8. The van der Waals surface area contributed by atoms with Crippen LogP contribution >= 0.6 is 11.8 Å². The van der Waals surface area contributed by atoms with Gasteiger partial charge in [0, 0.05) is 29.9 Å². The van der Waals surface area contributed by atoms with Crippen LogP contribution in [0.25, 0.3) is 0 Å². The number of amides is 2. The van der Waals surface area contributed by atoms with Crippen molar-refractivity contribution in [3.05, 3.63) is 23.8 Å². The molecular formula is C31H51N3O9S. The van der Waals surface area contributed by atoms with Crippen LogP contribution in [0.2, 0.25) is 0 Å². The average Bonchev–Trinajstić information content (AvgIpc) is 2.96. The third-order valence-corrected chi connectivity index (χ3v) is 8.28. The quantitative estimate of drug-likeness (QED) is 0.0798. The van der Waals surface area contributed by atoms with E-state index in [4.69, 9.17) is 15.6 Å². The number of hydrogen-bond acceptors (Lipinski definition) is 9. The topological polar surface area (TPSA) is 205 Å². The number of carbonyl (C=O) groups excluding carboxylic acids is 3. The van der Waals surface area contributed by atoms with Crippen LogP contribution in [-0.4, -0.2) is 81.6 Å². The van der Waals surface area contributed by atoms with Crippen LogP contribution in [0, 0.1) is 5.92 Å². The molecular weight excluding hydrogens is 590 g/mol. The summed E-state index contributed by atoms with van der Waals surface area (Å²) in [4.78, 5) is 58.1. The molecule has 250 valence electrons. The maximum absolute atomic E-state index is 12.8. The van der Waals surface area contributed by atoms with Gasteiger partial charge in [0.15, 0.2) is 11.5 Å². The van der Waals surface area contributed by atoms with Crippen LogP contribution in [0.15, 0.2) is 18.2 Å². The van der Waals surface area contributed by atoms with Gasteiger partial charge in [-0.3, -0.25) is 19.2 Å². The van der Waals surface area contributed by atoms with Crippen LogP contribution in [0.4, 0.5) is 0 Å². The largest absolute Gasteiger partial charge is 0.504 e. The summed E-state index contributed by atoms with van der Waals surface area (Å²) < 4.78 is 5.13. The van der Waals surface area contributed by atoms with E-state index in [-0.39, 0.29) is 40.9 Å². The minimum Gasteiger partial charge on any atom is -0.504 e. The lowest BCUT2D eigenvalue weighted by molar-refractivity contribution is -0.143. The number of carboxylic acid groups (broad SMARTS) is 2. The van der Waals surface area contributed by atoms with Gasteiger partial charge in [-0.05, 0) is 43.4 Å². The fourth-order valence-electron chi connectivity index (χ4n) is 4.11. The molecule has 5 atom stereocenters. The lowest BCUT2D eigenvalue weighted by Gasteiger charge is -2.24. The Hall–Kier alpha value is -3.32. The van der Waals surface area contributed by atoms with Crippen molar-refractivity contribution in [1.29, 1.82) is 0 Å². The number of aryl methyl sites for hydroxylation is 1. The predicted molar refractivity (Wildman–Crippen MR) is 171 cm³/mol. The number of methoxy groups -OCH3 is 1. The Bertz CT molecular complexity index is 1040. The second kappa shape index (κ2) is 23.1. The highest BCUT2D eigenvalue weighted by Gasteiger charge is 2.29. The van der Waals surface area contributed by atoms with Crippen molar-refractivity contribution in [2.45, 2.75) is 109 Å². The summed E-state index contributed by atoms with van der Waals surface area (Å²) in [6.07, 6.45) is 6.09. The van der Waals surface area contributed by atoms with Crippen molar-refractivity contribution in [2.24, 2.45) is 11.7 Å². The molecule has 1 aromatic carbocycles. The molecule has 0 fully saturated rings. The van der Waals surface area contributed by atoms with Gasteiger partial charge in [-0.15, -0.1) is 0 Å². The van der Waals surface area contributed by atoms with Gasteiger partial charge in [-0.1, -0.05) is 52.5 Å². The Balaban J connectivity index is 0.00000234. The van der Waals surface area contributed by atoms with E-state index in [1.807, 2.05) is 6.92 Å². The molecule has 0 aromatic heterocycles. The zero-order valence-electron chi connectivity index (χ0n) is 26.5.